The third-order valence-corrected chi connectivity index (χ3v) is 3.78. The number of benzene rings is 1. The van der Waals surface area contributed by atoms with Crippen molar-refractivity contribution in [3.05, 3.63) is 27.9 Å². The Hall–Kier alpha value is -1.68. The molecule has 0 atom stereocenters. The smallest absolute Gasteiger partial charge is 0.140 e. The monoisotopic (exact) mass is 265 g/mol. The van der Waals surface area contributed by atoms with Crippen molar-refractivity contribution >= 4 is 17.4 Å². The summed E-state index contributed by atoms with van der Waals surface area (Å²) < 4.78 is 5.35. The predicted molar refractivity (Wildman–Crippen MR) is 74.2 cm³/mol. The van der Waals surface area contributed by atoms with Crippen molar-refractivity contribution in [2.24, 2.45) is 0 Å². The molecule has 0 amide bonds. The van der Waals surface area contributed by atoms with Gasteiger partial charge in [-0.3, -0.25) is 5.10 Å². The summed E-state index contributed by atoms with van der Waals surface area (Å²) in [5.74, 6) is 1.26. The number of methoxy groups -OCH3 is 1. The summed E-state index contributed by atoms with van der Waals surface area (Å²) in [5.41, 5.74) is 10.8. The second-order valence-electron chi connectivity index (χ2n) is 4.29. The van der Waals surface area contributed by atoms with Crippen molar-refractivity contribution in [3.63, 3.8) is 0 Å². The van der Waals surface area contributed by atoms with Crippen molar-refractivity contribution in [1.82, 2.24) is 10.2 Å². The Balaban J connectivity index is 2.81. The summed E-state index contributed by atoms with van der Waals surface area (Å²) in [6.45, 7) is 5.97. The normalized spacial score (nSPS) is 10.7. The summed E-state index contributed by atoms with van der Waals surface area (Å²) >= 11 is 6.35. The van der Waals surface area contributed by atoms with Gasteiger partial charge in [-0.1, -0.05) is 11.6 Å². The van der Waals surface area contributed by atoms with Gasteiger partial charge in [0.2, 0.25) is 0 Å². The second-order valence-corrected chi connectivity index (χ2v) is 4.67. The van der Waals surface area contributed by atoms with E-state index in [-0.39, 0.29) is 0 Å². The molecular formula is C13H16ClN3O. The Labute approximate surface area is 111 Å². The van der Waals surface area contributed by atoms with Gasteiger partial charge in [-0.2, -0.15) is 5.10 Å². The Kier molecular flexibility index (Phi) is 3.22. The molecule has 0 radical (unpaired) electrons. The minimum Gasteiger partial charge on any atom is -0.495 e. The first-order chi connectivity index (χ1) is 8.49. The van der Waals surface area contributed by atoms with E-state index in [0.717, 1.165) is 33.6 Å². The lowest BCUT2D eigenvalue weighted by Gasteiger charge is -2.17. The first-order valence-corrected chi connectivity index (χ1v) is 5.99. The fourth-order valence-electron chi connectivity index (χ4n) is 2.23. The maximum atomic E-state index is 6.35. The van der Waals surface area contributed by atoms with E-state index in [1.165, 1.54) is 0 Å². The first-order valence-electron chi connectivity index (χ1n) is 5.61. The number of nitrogens with zero attached hydrogens (tertiary/aromatic N) is 1. The highest BCUT2D eigenvalue weighted by molar-refractivity contribution is 6.33. The molecule has 4 nitrogen and oxygen atoms in total. The number of nitrogens with one attached hydrogen (secondary N) is 1. The van der Waals surface area contributed by atoms with E-state index >= 15 is 0 Å². The molecule has 0 unspecified atom stereocenters. The van der Waals surface area contributed by atoms with Crippen LogP contribution in [0.4, 0.5) is 5.82 Å². The lowest BCUT2D eigenvalue weighted by Crippen LogP contribution is -1.99. The van der Waals surface area contributed by atoms with Gasteiger partial charge in [0.1, 0.15) is 11.6 Å². The highest BCUT2D eigenvalue weighted by Gasteiger charge is 2.19. The summed E-state index contributed by atoms with van der Waals surface area (Å²) in [5, 5.41) is 7.32. The number of hydrogen-bond acceptors (Lipinski definition) is 3. The lowest BCUT2D eigenvalue weighted by atomic mass is 9.93. The van der Waals surface area contributed by atoms with Crippen LogP contribution in [-0.4, -0.2) is 17.3 Å². The Bertz CT molecular complexity index is 576. The van der Waals surface area contributed by atoms with Gasteiger partial charge in [-0.15, -0.1) is 0 Å². The van der Waals surface area contributed by atoms with Crippen LogP contribution >= 0.6 is 11.6 Å². The van der Waals surface area contributed by atoms with Crippen molar-refractivity contribution in [2.45, 2.75) is 20.8 Å². The standard InChI is InChI=1S/C13H16ClN3O/c1-6-7(2)12(18-4)11(14)8(3)10(6)9-5-16-17-13(9)15/h5H,1-4H3,(H3,15,16,17). The molecule has 96 valence electrons. The number of nitrogens with two attached hydrogens (primary N) is 1. The molecule has 1 aromatic heterocycles. The number of nitrogen functional groups attached to an aromatic ring is 1. The SMILES string of the molecule is COc1c(C)c(C)c(-c2cn[nH]c2N)c(C)c1Cl. The topological polar surface area (TPSA) is 63.9 Å². The summed E-state index contributed by atoms with van der Waals surface area (Å²) in [4.78, 5) is 0. The number of anilines is 1. The highest BCUT2D eigenvalue weighted by Crippen LogP contribution is 2.42. The zero-order valence-electron chi connectivity index (χ0n) is 10.9. The molecule has 0 saturated heterocycles. The van der Waals surface area contributed by atoms with Gasteiger partial charge in [0.15, 0.2) is 0 Å². The molecular weight excluding hydrogens is 250 g/mol. The number of H-pyrrole nitrogens is 1. The van der Waals surface area contributed by atoms with E-state index in [2.05, 4.69) is 10.2 Å². The van der Waals surface area contributed by atoms with Crippen molar-refractivity contribution in [2.75, 3.05) is 12.8 Å². The van der Waals surface area contributed by atoms with Crippen LogP contribution in [0.1, 0.15) is 16.7 Å². The van der Waals surface area contributed by atoms with E-state index in [1.54, 1.807) is 13.3 Å². The quantitative estimate of drug-likeness (QED) is 0.876. The van der Waals surface area contributed by atoms with E-state index in [0.29, 0.717) is 10.8 Å². The Morgan fingerprint density at radius 3 is 2.39 bits per heavy atom. The molecule has 0 aliphatic heterocycles. The van der Waals surface area contributed by atoms with E-state index in [9.17, 15) is 0 Å². The summed E-state index contributed by atoms with van der Waals surface area (Å²) in [6.07, 6.45) is 1.72. The molecule has 0 saturated carbocycles. The number of aromatic nitrogens is 2. The molecule has 2 rings (SSSR count). The zero-order valence-corrected chi connectivity index (χ0v) is 11.6. The molecule has 0 fully saturated rings. The van der Waals surface area contributed by atoms with E-state index < -0.39 is 0 Å². The van der Waals surface area contributed by atoms with Crippen molar-refractivity contribution in [1.29, 1.82) is 0 Å². The van der Waals surface area contributed by atoms with Crippen LogP contribution in [0.5, 0.6) is 5.75 Å². The molecule has 1 aromatic carbocycles. The fourth-order valence-corrected chi connectivity index (χ4v) is 2.54. The van der Waals surface area contributed by atoms with Crippen LogP contribution < -0.4 is 10.5 Å². The average molecular weight is 266 g/mol. The van der Waals surface area contributed by atoms with Gasteiger partial charge in [0, 0.05) is 5.56 Å². The van der Waals surface area contributed by atoms with Crippen LogP contribution in [0.15, 0.2) is 6.20 Å². The molecule has 0 spiro atoms. The first kappa shape index (κ1) is 12.8. The third kappa shape index (κ3) is 1.73. The largest absolute Gasteiger partial charge is 0.495 e. The minimum atomic E-state index is 0.543. The third-order valence-electron chi connectivity index (χ3n) is 3.32. The minimum absolute atomic E-state index is 0.543. The maximum Gasteiger partial charge on any atom is 0.140 e. The second kappa shape index (κ2) is 4.53. The molecule has 0 aliphatic carbocycles. The van der Waals surface area contributed by atoms with Crippen LogP contribution in [0.2, 0.25) is 5.02 Å². The molecule has 0 bridgehead atoms. The predicted octanol–water partition coefficient (Wildman–Crippen LogP) is 3.25. The number of aromatic amines is 1. The van der Waals surface area contributed by atoms with Crippen LogP contribution in [-0.2, 0) is 0 Å². The van der Waals surface area contributed by atoms with Crippen molar-refractivity contribution in [3.8, 4) is 16.9 Å². The fraction of sp³-hybridized carbons (Fsp3) is 0.308. The van der Waals surface area contributed by atoms with Gasteiger partial charge in [0.05, 0.1) is 18.3 Å². The molecule has 5 heteroatoms. The number of hydrogen-bond donors (Lipinski definition) is 2. The van der Waals surface area contributed by atoms with Crippen LogP contribution in [0, 0.1) is 20.8 Å². The molecule has 0 aliphatic rings. The van der Waals surface area contributed by atoms with Gasteiger partial charge < -0.3 is 10.5 Å². The number of ether oxygens (including phenoxy) is 1. The molecule has 1 heterocycles. The number of rotatable bonds is 2. The highest BCUT2D eigenvalue weighted by atomic mass is 35.5. The van der Waals surface area contributed by atoms with Crippen molar-refractivity contribution < 1.29 is 4.74 Å². The van der Waals surface area contributed by atoms with Gasteiger partial charge >= 0.3 is 0 Å². The van der Waals surface area contributed by atoms with Gasteiger partial charge in [-0.05, 0) is 43.0 Å². The Morgan fingerprint density at radius 2 is 1.89 bits per heavy atom. The summed E-state index contributed by atoms with van der Waals surface area (Å²) in [6, 6.07) is 0. The van der Waals surface area contributed by atoms with E-state index in [1.807, 2.05) is 20.8 Å². The van der Waals surface area contributed by atoms with Crippen LogP contribution in [0.3, 0.4) is 0 Å². The van der Waals surface area contributed by atoms with E-state index in [4.69, 9.17) is 22.1 Å². The Morgan fingerprint density at radius 1 is 1.22 bits per heavy atom. The number of halogens is 1. The zero-order chi connectivity index (χ0) is 13.4. The maximum absolute atomic E-state index is 6.35. The van der Waals surface area contributed by atoms with Gasteiger partial charge in [0.25, 0.3) is 0 Å². The van der Waals surface area contributed by atoms with Crippen LogP contribution in [0.25, 0.3) is 11.1 Å². The summed E-state index contributed by atoms with van der Waals surface area (Å²) in [7, 11) is 1.62. The molecule has 2 aromatic rings. The average Bonchev–Trinajstić information content (AvgIpc) is 2.75. The molecule has 18 heavy (non-hydrogen) atoms. The lowest BCUT2D eigenvalue weighted by molar-refractivity contribution is 0.411. The molecule has 3 N–H and O–H groups in total. The van der Waals surface area contributed by atoms with Gasteiger partial charge in [-0.25, -0.2) is 0 Å².